The van der Waals surface area contributed by atoms with E-state index < -0.39 is 0 Å². The third-order valence-corrected chi connectivity index (χ3v) is 2.50. The standard InChI is InChI=1S/C14H16N2O2/c1-16(2)12-6-4-7-13(9-12)18-14-8-3-5-11(10-17)15-14/h3-9,17H,10H2,1-2H3. The van der Waals surface area contributed by atoms with Gasteiger partial charge in [0.05, 0.1) is 12.3 Å². The molecular formula is C14H16N2O2. The third-order valence-electron chi connectivity index (χ3n) is 2.50. The maximum Gasteiger partial charge on any atom is 0.219 e. The highest BCUT2D eigenvalue weighted by atomic mass is 16.5. The predicted octanol–water partition coefficient (Wildman–Crippen LogP) is 2.43. The maximum atomic E-state index is 9.02. The molecule has 0 radical (unpaired) electrons. The summed E-state index contributed by atoms with van der Waals surface area (Å²) >= 11 is 0. The van der Waals surface area contributed by atoms with Crippen LogP contribution in [-0.2, 0) is 6.61 Å². The van der Waals surface area contributed by atoms with Gasteiger partial charge in [-0.2, -0.15) is 0 Å². The summed E-state index contributed by atoms with van der Waals surface area (Å²) in [6.45, 7) is -0.0884. The summed E-state index contributed by atoms with van der Waals surface area (Å²) in [6.07, 6.45) is 0. The number of aromatic nitrogens is 1. The first-order valence-electron chi connectivity index (χ1n) is 5.71. The van der Waals surface area contributed by atoms with Crippen LogP contribution < -0.4 is 9.64 Å². The van der Waals surface area contributed by atoms with Gasteiger partial charge in [-0.1, -0.05) is 12.1 Å². The monoisotopic (exact) mass is 244 g/mol. The van der Waals surface area contributed by atoms with Gasteiger partial charge in [-0.3, -0.25) is 0 Å². The topological polar surface area (TPSA) is 45.6 Å². The molecule has 1 aromatic carbocycles. The minimum absolute atomic E-state index is 0.0884. The molecule has 18 heavy (non-hydrogen) atoms. The molecule has 1 N–H and O–H groups in total. The van der Waals surface area contributed by atoms with E-state index in [1.54, 1.807) is 12.1 Å². The highest BCUT2D eigenvalue weighted by molar-refractivity contribution is 5.50. The first-order valence-corrected chi connectivity index (χ1v) is 5.71. The van der Waals surface area contributed by atoms with Gasteiger partial charge in [0.15, 0.2) is 0 Å². The third kappa shape index (κ3) is 2.99. The van der Waals surface area contributed by atoms with E-state index in [-0.39, 0.29) is 6.61 Å². The van der Waals surface area contributed by atoms with Gasteiger partial charge >= 0.3 is 0 Å². The Bertz CT molecular complexity index is 527. The summed E-state index contributed by atoms with van der Waals surface area (Å²) in [5.41, 5.74) is 1.65. The van der Waals surface area contributed by atoms with E-state index in [1.807, 2.05) is 49.3 Å². The molecule has 0 saturated carbocycles. The van der Waals surface area contributed by atoms with Crippen molar-refractivity contribution in [2.45, 2.75) is 6.61 Å². The van der Waals surface area contributed by atoms with Gasteiger partial charge in [-0.15, -0.1) is 0 Å². The van der Waals surface area contributed by atoms with Crippen molar-refractivity contribution in [1.82, 2.24) is 4.98 Å². The molecule has 0 bridgehead atoms. The predicted molar refractivity (Wildman–Crippen MR) is 71.0 cm³/mol. The lowest BCUT2D eigenvalue weighted by atomic mass is 10.3. The Labute approximate surface area is 106 Å². The summed E-state index contributed by atoms with van der Waals surface area (Å²) in [5.74, 6) is 1.21. The van der Waals surface area contributed by atoms with E-state index >= 15 is 0 Å². The van der Waals surface area contributed by atoms with Gasteiger partial charge in [0.2, 0.25) is 5.88 Å². The molecule has 0 aliphatic carbocycles. The summed E-state index contributed by atoms with van der Waals surface area (Å²) < 4.78 is 5.66. The average molecular weight is 244 g/mol. The maximum absolute atomic E-state index is 9.02. The Morgan fingerprint density at radius 3 is 2.67 bits per heavy atom. The summed E-state index contributed by atoms with van der Waals surface area (Å²) in [6, 6.07) is 13.1. The molecule has 0 spiro atoms. The summed E-state index contributed by atoms with van der Waals surface area (Å²) in [4.78, 5) is 6.18. The number of rotatable bonds is 4. The zero-order chi connectivity index (χ0) is 13.0. The van der Waals surface area contributed by atoms with Crippen LogP contribution >= 0.6 is 0 Å². The van der Waals surface area contributed by atoms with Gasteiger partial charge in [0.1, 0.15) is 5.75 Å². The Morgan fingerprint density at radius 2 is 1.94 bits per heavy atom. The molecule has 1 heterocycles. The molecule has 0 aliphatic rings. The largest absolute Gasteiger partial charge is 0.439 e. The lowest BCUT2D eigenvalue weighted by molar-refractivity contribution is 0.275. The van der Waals surface area contributed by atoms with E-state index in [2.05, 4.69) is 4.98 Å². The van der Waals surface area contributed by atoms with Crippen LogP contribution in [0.4, 0.5) is 5.69 Å². The van der Waals surface area contributed by atoms with Crippen LogP contribution in [0.1, 0.15) is 5.69 Å². The number of aliphatic hydroxyl groups is 1. The molecule has 2 rings (SSSR count). The van der Waals surface area contributed by atoms with Crippen LogP contribution in [0.2, 0.25) is 0 Å². The van der Waals surface area contributed by atoms with Gasteiger partial charge in [-0.05, 0) is 18.2 Å². The molecule has 1 aromatic heterocycles. The molecular weight excluding hydrogens is 228 g/mol. The van der Waals surface area contributed by atoms with Crippen molar-refractivity contribution in [3.05, 3.63) is 48.2 Å². The second-order valence-corrected chi connectivity index (χ2v) is 4.12. The molecule has 0 aliphatic heterocycles. The van der Waals surface area contributed by atoms with Crippen LogP contribution in [0.5, 0.6) is 11.6 Å². The Hall–Kier alpha value is -2.07. The van der Waals surface area contributed by atoms with Crippen LogP contribution in [-0.4, -0.2) is 24.2 Å². The minimum Gasteiger partial charge on any atom is -0.439 e. The van der Waals surface area contributed by atoms with Crippen molar-refractivity contribution in [2.75, 3.05) is 19.0 Å². The average Bonchev–Trinajstić information content (AvgIpc) is 2.39. The molecule has 2 aromatic rings. The number of hydrogen-bond acceptors (Lipinski definition) is 4. The van der Waals surface area contributed by atoms with Crippen LogP contribution in [0.25, 0.3) is 0 Å². The summed E-state index contributed by atoms with van der Waals surface area (Å²) in [7, 11) is 3.95. The van der Waals surface area contributed by atoms with Crippen LogP contribution in [0, 0.1) is 0 Å². The fourth-order valence-corrected chi connectivity index (χ4v) is 1.55. The molecule has 4 heteroatoms. The normalized spacial score (nSPS) is 10.2. The second kappa shape index (κ2) is 5.51. The zero-order valence-corrected chi connectivity index (χ0v) is 10.5. The Kier molecular flexibility index (Phi) is 3.79. The Balaban J connectivity index is 2.20. The van der Waals surface area contributed by atoms with Crippen molar-refractivity contribution in [1.29, 1.82) is 0 Å². The van der Waals surface area contributed by atoms with Gasteiger partial charge < -0.3 is 14.7 Å². The number of ether oxygens (including phenoxy) is 1. The lowest BCUT2D eigenvalue weighted by Gasteiger charge is -2.13. The van der Waals surface area contributed by atoms with Crippen LogP contribution in [0.15, 0.2) is 42.5 Å². The fraction of sp³-hybridized carbons (Fsp3) is 0.214. The minimum atomic E-state index is -0.0884. The highest BCUT2D eigenvalue weighted by Gasteiger charge is 2.02. The number of benzene rings is 1. The number of nitrogens with zero attached hydrogens (tertiary/aromatic N) is 2. The molecule has 0 amide bonds. The molecule has 0 fully saturated rings. The number of anilines is 1. The van der Waals surface area contributed by atoms with Gasteiger partial charge in [-0.25, -0.2) is 4.98 Å². The summed E-state index contributed by atoms with van der Waals surface area (Å²) in [5, 5.41) is 9.02. The first-order chi connectivity index (χ1) is 8.69. The molecule has 94 valence electrons. The molecule has 0 saturated heterocycles. The molecule has 0 unspecified atom stereocenters. The van der Waals surface area contributed by atoms with E-state index in [1.165, 1.54) is 0 Å². The van der Waals surface area contributed by atoms with Crippen molar-refractivity contribution < 1.29 is 9.84 Å². The quantitative estimate of drug-likeness (QED) is 0.897. The molecule has 0 atom stereocenters. The second-order valence-electron chi connectivity index (χ2n) is 4.12. The van der Waals surface area contributed by atoms with Crippen molar-refractivity contribution >= 4 is 5.69 Å². The van der Waals surface area contributed by atoms with Crippen molar-refractivity contribution in [3.63, 3.8) is 0 Å². The lowest BCUT2D eigenvalue weighted by Crippen LogP contribution is -2.08. The highest BCUT2D eigenvalue weighted by Crippen LogP contribution is 2.24. The Morgan fingerprint density at radius 1 is 1.17 bits per heavy atom. The van der Waals surface area contributed by atoms with E-state index in [0.29, 0.717) is 11.6 Å². The first kappa shape index (κ1) is 12.4. The van der Waals surface area contributed by atoms with Crippen LogP contribution in [0.3, 0.4) is 0 Å². The molecule has 4 nitrogen and oxygen atoms in total. The van der Waals surface area contributed by atoms with Gasteiger partial charge in [0.25, 0.3) is 0 Å². The van der Waals surface area contributed by atoms with E-state index in [4.69, 9.17) is 9.84 Å². The van der Waals surface area contributed by atoms with Crippen molar-refractivity contribution in [2.24, 2.45) is 0 Å². The number of pyridine rings is 1. The van der Waals surface area contributed by atoms with E-state index in [0.717, 1.165) is 11.4 Å². The number of hydrogen-bond donors (Lipinski definition) is 1. The van der Waals surface area contributed by atoms with Gasteiger partial charge in [0, 0.05) is 31.9 Å². The smallest absolute Gasteiger partial charge is 0.219 e. The fourth-order valence-electron chi connectivity index (χ4n) is 1.55. The zero-order valence-electron chi connectivity index (χ0n) is 10.5. The van der Waals surface area contributed by atoms with E-state index in [9.17, 15) is 0 Å². The van der Waals surface area contributed by atoms with Crippen molar-refractivity contribution in [3.8, 4) is 11.6 Å². The SMILES string of the molecule is CN(C)c1cccc(Oc2cccc(CO)n2)c1. The number of aliphatic hydroxyl groups excluding tert-OH is 1.